The van der Waals surface area contributed by atoms with Crippen LogP contribution in [0.1, 0.15) is 21.5 Å². The van der Waals surface area contributed by atoms with Crippen LogP contribution < -0.4 is 4.18 Å². The summed E-state index contributed by atoms with van der Waals surface area (Å²) in [6.45, 7) is 0. The maximum absolute atomic E-state index is 12.5. The lowest BCUT2D eigenvalue weighted by Crippen LogP contribution is -2.28. The largest absolute Gasteiger partial charge is 0.534 e. The number of alkyl halides is 3. The summed E-state index contributed by atoms with van der Waals surface area (Å²) in [4.78, 5) is 15.1. The number of esters is 1. The van der Waals surface area contributed by atoms with Gasteiger partial charge in [-0.25, -0.2) is 9.78 Å². The highest BCUT2D eigenvalue weighted by Gasteiger charge is 2.49. The molecule has 0 unspecified atom stereocenters. The first-order valence-electron chi connectivity index (χ1n) is 6.76. The molecule has 0 spiro atoms. The van der Waals surface area contributed by atoms with Crippen molar-refractivity contribution in [2.45, 2.75) is 11.9 Å². The van der Waals surface area contributed by atoms with Gasteiger partial charge in [0, 0.05) is 18.2 Å². The molecule has 0 amide bonds. The van der Waals surface area contributed by atoms with Gasteiger partial charge in [-0.3, -0.25) is 0 Å². The van der Waals surface area contributed by atoms with Gasteiger partial charge in [-0.15, -0.1) is 0 Å². The first-order chi connectivity index (χ1) is 11.6. The summed E-state index contributed by atoms with van der Waals surface area (Å²) in [5.74, 6) is -1.53. The average molecular weight is 375 g/mol. The summed E-state index contributed by atoms with van der Waals surface area (Å²) in [5, 5.41) is 0. The average Bonchev–Trinajstić information content (AvgIpc) is 2.55. The second kappa shape index (κ2) is 7.09. The highest BCUT2D eigenvalue weighted by molar-refractivity contribution is 7.87. The van der Waals surface area contributed by atoms with Gasteiger partial charge in [-0.1, -0.05) is 30.3 Å². The minimum Gasteiger partial charge on any atom is -0.465 e. The molecule has 0 bridgehead atoms. The first-order valence-corrected chi connectivity index (χ1v) is 8.17. The van der Waals surface area contributed by atoms with Gasteiger partial charge in [0.15, 0.2) is 0 Å². The summed E-state index contributed by atoms with van der Waals surface area (Å²) in [7, 11) is -4.76. The van der Waals surface area contributed by atoms with E-state index >= 15 is 0 Å². The molecule has 1 aromatic heterocycles. The number of carbonyl (C=O) groups is 1. The highest BCUT2D eigenvalue weighted by Crippen LogP contribution is 2.29. The second-order valence-electron chi connectivity index (χ2n) is 4.83. The zero-order valence-corrected chi connectivity index (χ0v) is 13.6. The van der Waals surface area contributed by atoms with Gasteiger partial charge in [0.05, 0.1) is 12.7 Å². The van der Waals surface area contributed by atoms with Gasteiger partial charge in [0.25, 0.3) is 0 Å². The second-order valence-corrected chi connectivity index (χ2v) is 6.36. The number of nitrogens with zero attached hydrogens (tertiary/aromatic N) is 1. The number of hydrogen-bond acceptors (Lipinski definition) is 6. The SMILES string of the molecule is COC(=O)c1cnc(OS(=O)(=O)C(F)(F)F)c(Cc2ccccc2)c1. The Morgan fingerprint density at radius 3 is 2.40 bits per heavy atom. The Morgan fingerprint density at radius 2 is 1.84 bits per heavy atom. The topological polar surface area (TPSA) is 82.6 Å². The Kier molecular flexibility index (Phi) is 5.31. The van der Waals surface area contributed by atoms with E-state index in [0.29, 0.717) is 5.56 Å². The third-order valence-electron chi connectivity index (χ3n) is 3.06. The minimum absolute atomic E-state index is 0.00137. The van der Waals surface area contributed by atoms with Crippen molar-refractivity contribution in [1.29, 1.82) is 0 Å². The Bertz CT molecular complexity index is 866. The van der Waals surface area contributed by atoms with E-state index in [1.54, 1.807) is 30.3 Å². The molecule has 0 saturated carbocycles. The van der Waals surface area contributed by atoms with Crippen molar-refractivity contribution in [1.82, 2.24) is 4.98 Å². The van der Waals surface area contributed by atoms with Crippen molar-refractivity contribution in [2.24, 2.45) is 0 Å². The van der Waals surface area contributed by atoms with Gasteiger partial charge >= 0.3 is 21.6 Å². The number of rotatable bonds is 5. The zero-order chi connectivity index (χ0) is 18.7. The van der Waals surface area contributed by atoms with E-state index in [2.05, 4.69) is 13.9 Å². The Balaban J connectivity index is 2.46. The normalized spacial score (nSPS) is 11.8. The van der Waals surface area contributed by atoms with E-state index in [9.17, 15) is 26.4 Å². The molecule has 6 nitrogen and oxygen atoms in total. The van der Waals surface area contributed by atoms with Gasteiger partial charge in [-0.2, -0.15) is 21.6 Å². The van der Waals surface area contributed by atoms with Crippen LogP contribution in [0, 0.1) is 0 Å². The summed E-state index contributed by atoms with van der Waals surface area (Å²) >= 11 is 0. The number of aromatic nitrogens is 1. The molecule has 1 aromatic carbocycles. The molecule has 0 saturated heterocycles. The number of halogens is 3. The lowest BCUT2D eigenvalue weighted by atomic mass is 10.0. The quantitative estimate of drug-likeness (QED) is 0.454. The molecule has 25 heavy (non-hydrogen) atoms. The van der Waals surface area contributed by atoms with E-state index in [-0.39, 0.29) is 17.5 Å². The predicted molar refractivity (Wildman–Crippen MR) is 80.4 cm³/mol. The monoisotopic (exact) mass is 375 g/mol. The minimum atomic E-state index is -5.88. The van der Waals surface area contributed by atoms with Crippen LogP contribution in [0.4, 0.5) is 13.2 Å². The molecular formula is C15H12F3NO5S. The van der Waals surface area contributed by atoms with Crippen molar-refractivity contribution in [3.63, 3.8) is 0 Å². The van der Waals surface area contributed by atoms with Crippen molar-refractivity contribution in [2.75, 3.05) is 7.11 Å². The van der Waals surface area contributed by atoms with E-state index in [1.165, 1.54) is 6.07 Å². The Hall–Kier alpha value is -2.62. The number of pyridine rings is 1. The fraction of sp³-hybridized carbons (Fsp3) is 0.200. The Morgan fingerprint density at radius 1 is 1.20 bits per heavy atom. The van der Waals surface area contributed by atoms with Crippen LogP contribution in [-0.2, 0) is 21.3 Å². The van der Waals surface area contributed by atoms with Crippen LogP contribution in [0.15, 0.2) is 42.6 Å². The lowest BCUT2D eigenvalue weighted by molar-refractivity contribution is -0.0501. The van der Waals surface area contributed by atoms with Crippen LogP contribution in [0.25, 0.3) is 0 Å². The lowest BCUT2D eigenvalue weighted by Gasteiger charge is -2.13. The van der Waals surface area contributed by atoms with E-state index < -0.39 is 27.5 Å². The van der Waals surface area contributed by atoms with Gasteiger partial charge in [-0.05, 0) is 11.6 Å². The van der Waals surface area contributed by atoms with E-state index in [4.69, 9.17) is 0 Å². The van der Waals surface area contributed by atoms with Gasteiger partial charge < -0.3 is 8.92 Å². The summed E-state index contributed by atoms with van der Waals surface area (Å²) in [5.41, 5.74) is -5.01. The maximum atomic E-state index is 12.5. The number of methoxy groups -OCH3 is 1. The molecule has 10 heteroatoms. The van der Waals surface area contributed by atoms with E-state index in [0.717, 1.165) is 13.3 Å². The molecule has 0 aliphatic heterocycles. The van der Waals surface area contributed by atoms with Crippen molar-refractivity contribution >= 4 is 16.1 Å². The molecule has 0 fully saturated rings. The molecule has 0 aliphatic rings. The van der Waals surface area contributed by atoms with Gasteiger partial charge in [0.1, 0.15) is 0 Å². The maximum Gasteiger partial charge on any atom is 0.534 e. The third-order valence-corrected chi connectivity index (χ3v) is 4.00. The van der Waals surface area contributed by atoms with Crippen LogP contribution in [-0.4, -0.2) is 32.0 Å². The number of hydrogen-bond donors (Lipinski definition) is 0. The standard InChI is InChI=1S/C15H12F3NO5S/c1-23-14(20)12-8-11(7-10-5-3-2-4-6-10)13(19-9-12)24-25(21,22)15(16,17)18/h2-6,8-9H,7H2,1H3. The molecule has 134 valence electrons. The smallest absolute Gasteiger partial charge is 0.465 e. The van der Waals surface area contributed by atoms with Gasteiger partial charge in [0.2, 0.25) is 5.88 Å². The number of ether oxygens (including phenoxy) is 1. The number of carbonyl (C=O) groups excluding carboxylic acids is 1. The first kappa shape index (κ1) is 18.7. The fourth-order valence-corrected chi connectivity index (χ4v) is 2.35. The molecule has 0 aliphatic carbocycles. The van der Waals surface area contributed by atoms with E-state index in [1.807, 2.05) is 0 Å². The van der Waals surface area contributed by atoms with Crippen molar-refractivity contribution < 1.29 is 35.3 Å². The molecule has 0 radical (unpaired) electrons. The Labute approximate surface area is 141 Å². The molecule has 1 heterocycles. The third kappa shape index (κ3) is 4.47. The predicted octanol–water partition coefficient (Wildman–Crippen LogP) is 2.69. The number of benzene rings is 1. The summed E-state index contributed by atoms with van der Waals surface area (Å²) < 4.78 is 68.7. The molecule has 2 aromatic rings. The van der Waals surface area contributed by atoms with Crippen LogP contribution >= 0.6 is 0 Å². The molecule has 0 atom stereocenters. The van der Waals surface area contributed by atoms with Crippen LogP contribution in [0.3, 0.4) is 0 Å². The molecule has 2 rings (SSSR count). The zero-order valence-electron chi connectivity index (χ0n) is 12.8. The molecular weight excluding hydrogens is 363 g/mol. The van der Waals surface area contributed by atoms with Crippen molar-refractivity contribution in [3.05, 3.63) is 59.3 Å². The van der Waals surface area contributed by atoms with Crippen LogP contribution in [0.5, 0.6) is 5.88 Å². The fourth-order valence-electron chi connectivity index (χ4n) is 1.90. The van der Waals surface area contributed by atoms with Crippen LogP contribution in [0.2, 0.25) is 0 Å². The molecule has 0 N–H and O–H groups in total. The summed E-state index contributed by atoms with van der Waals surface area (Å²) in [6.07, 6.45) is 0.878. The highest BCUT2D eigenvalue weighted by atomic mass is 32.2. The summed E-state index contributed by atoms with van der Waals surface area (Å²) in [6, 6.07) is 9.64. The van der Waals surface area contributed by atoms with Crippen molar-refractivity contribution in [3.8, 4) is 5.88 Å².